The van der Waals surface area contributed by atoms with Gasteiger partial charge in [0.05, 0.1) is 36.9 Å². The van der Waals surface area contributed by atoms with E-state index >= 15 is 0 Å². The van der Waals surface area contributed by atoms with Crippen LogP contribution in [0.2, 0.25) is 0 Å². The summed E-state index contributed by atoms with van der Waals surface area (Å²) in [7, 11) is -2.31. The summed E-state index contributed by atoms with van der Waals surface area (Å²) in [4.78, 5) is 6.84. The number of nitrogens with one attached hydrogen (secondary N) is 1. The Hall–Kier alpha value is -3.16. The lowest BCUT2D eigenvalue weighted by Crippen LogP contribution is -2.12. The Morgan fingerprint density at radius 2 is 1.75 bits per heavy atom. The predicted molar refractivity (Wildman–Crippen MR) is 103 cm³/mol. The maximum Gasteiger partial charge on any atom is 0.449 e. The van der Waals surface area contributed by atoms with E-state index in [4.69, 9.17) is 4.78 Å². The van der Waals surface area contributed by atoms with E-state index in [-0.39, 0.29) is 38.3 Å². The summed E-state index contributed by atoms with van der Waals surface area (Å²) in [5, 5.41) is 4.28. The van der Waals surface area contributed by atoms with Crippen molar-refractivity contribution >= 4 is 31.7 Å². The standard InChI is InChI=1S/C18H14F6N6OS/c1-3-32(25,31)14-6-12-11(27-16(29(12)2)18(22,23)24)4-13(14)30-8-9-7-26-15(17(19,20)21)5-10(9)28-30/h4-8,25H,3H2,1-2H3. The summed E-state index contributed by atoms with van der Waals surface area (Å²) < 4.78 is 102. The molecule has 1 aromatic carbocycles. The van der Waals surface area contributed by atoms with Crippen LogP contribution >= 0.6 is 0 Å². The van der Waals surface area contributed by atoms with Crippen molar-refractivity contribution in [2.24, 2.45) is 7.05 Å². The van der Waals surface area contributed by atoms with E-state index in [1.165, 1.54) is 25.3 Å². The molecule has 170 valence electrons. The fourth-order valence-corrected chi connectivity index (χ4v) is 4.36. The zero-order chi connectivity index (χ0) is 23.6. The number of halogens is 6. The third-order valence-corrected chi connectivity index (χ3v) is 6.75. The van der Waals surface area contributed by atoms with Gasteiger partial charge in [0.1, 0.15) is 5.69 Å². The van der Waals surface area contributed by atoms with Crippen LogP contribution in [-0.2, 0) is 29.1 Å². The molecule has 0 saturated heterocycles. The first kappa shape index (κ1) is 22.0. The van der Waals surface area contributed by atoms with Crippen LogP contribution in [0.1, 0.15) is 18.4 Å². The summed E-state index contributed by atoms with van der Waals surface area (Å²) in [6.07, 6.45) is -7.19. The van der Waals surface area contributed by atoms with Crippen LogP contribution in [0.3, 0.4) is 0 Å². The monoisotopic (exact) mass is 476 g/mol. The molecular formula is C18H14F6N6OS. The van der Waals surface area contributed by atoms with Crippen molar-refractivity contribution < 1.29 is 30.6 Å². The second kappa shape index (κ2) is 6.92. The van der Waals surface area contributed by atoms with Crippen LogP contribution in [0.4, 0.5) is 26.3 Å². The number of alkyl halides is 6. The highest BCUT2D eigenvalue weighted by atomic mass is 32.2. The van der Waals surface area contributed by atoms with Gasteiger partial charge < -0.3 is 4.57 Å². The van der Waals surface area contributed by atoms with Gasteiger partial charge in [-0.2, -0.15) is 31.4 Å². The largest absolute Gasteiger partial charge is 0.449 e. The van der Waals surface area contributed by atoms with Crippen LogP contribution in [0.15, 0.2) is 35.5 Å². The Morgan fingerprint density at radius 1 is 1.06 bits per heavy atom. The molecule has 3 aromatic heterocycles. The highest BCUT2D eigenvalue weighted by Gasteiger charge is 2.37. The molecule has 1 unspecified atom stereocenters. The van der Waals surface area contributed by atoms with Gasteiger partial charge in [-0.15, -0.1) is 0 Å². The lowest BCUT2D eigenvalue weighted by molar-refractivity contribution is -0.146. The van der Waals surface area contributed by atoms with Crippen molar-refractivity contribution in [3.8, 4) is 5.69 Å². The molecule has 1 atom stereocenters. The predicted octanol–water partition coefficient (Wildman–Crippen LogP) is 4.77. The van der Waals surface area contributed by atoms with Crippen molar-refractivity contribution in [2.75, 3.05) is 5.75 Å². The fourth-order valence-electron chi connectivity index (χ4n) is 3.26. The molecule has 0 aliphatic carbocycles. The maximum absolute atomic E-state index is 13.3. The van der Waals surface area contributed by atoms with E-state index in [0.29, 0.717) is 0 Å². The number of hydrogen-bond donors (Lipinski definition) is 1. The number of imidazole rings is 1. The molecule has 0 amide bonds. The zero-order valence-corrected chi connectivity index (χ0v) is 17.2. The highest BCUT2D eigenvalue weighted by Crippen LogP contribution is 2.34. The minimum absolute atomic E-state index is 0.00207. The topological polar surface area (TPSA) is 89.4 Å². The quantitative estimate of drug-likeness (QED) is 0.432. The van der Waals surface area contributed by atoms with E-state index in [1.54, 1.807) is 0 Å². The van der Waals surface area contributed by atoms with Gasteiger partial charge in [-0.3, -0.25) is 4.98 Å². The number of hydrogen-bond acceptors (Lipinski definition) is 5. The van der Waals surface area contributed by atoms with Crippen molar-refractivity contribution in [2.45, 2.75) is 24.2 Å². The summed E-state index contributed by atoms with van der Waals surface area (Å²) in [6.45, 7) is 1.48. The molecule has 0 bridgehead atoms. The second-order valence-electron chi connectivity index (χ2n) is 6.96. The molecule has 3 heterocycles. The summed E-state index contributed by atoms with van der Waals surface area (Å²) in [5.74, 6) is -1.33. The van der Waals surface area contributed by atoms with E-state index < -0.39 is 33.6 Å². The summed E-state index contributed by atoms with van der Waals surface area (Å²) in [6, 6.07) is 3.09. The average Bonchev–Trinajstić information content (AvgIpc) is 3.26. The lowest BCUT2D eigenvalue weighted by atomic mass is 10.2. The third-order valence-electron chi connectivity index (χ3n) is 4.90. The minimum Gasteiger partial charge on any atom is -0.323 e. The van der Waals surface area contributed by atoms with Crippen LogP contribution in [0, 0.1) is 4.78 Å². The number of aromatic nitrogens is 5. The molecule has 0 radical (unpaired) electrons. The van der Waals surface area contributed by atoms with Crippen molar-refractivity contribution in [3.05, 3.63) is 42.1 Å². The van der Waals surface area contributed by atoms with Crippen LogP contribution < -0.4 is 0 Å². The number of nitrogens with zero attached hydrogens (tertiary/aromatic N) is 5. The molecule has 0 aliphatic rings. The Morgan fingerprint density at radius 3 is 2.34 bits per heavy atom. The maximum atomic E-state index is 13.3. The van der Waals surface area contributed by atoms with Crippen LogP contribution in [-0.4, -0.2) is 34.3 Å². The zero-order valence-electron chi connectivity index (χ0n) is 16.4. The molecule has 1 N–H and O–H groups in total. The first-order valence-corrected chi connectivity index (χ1v) is 10.7. The van der Waals surface area contributed by atoms with Gasteiger partial charge in [-0.25, -0.2) is 18.7 Å². The van der Waals surface area contributed by atoms with Gasteiger partial charge >= 0.3 is 12.4 Å². The molecule has 4 aromatic rings. The van der Waals surface area contributed by atoms with Crippen LogP contribution in [0.25, 0.3) is 27.6 Å². The van der Waals surface area contributed by atoms with Gasteiger partial charge in [-0.1, -0.05) is 6.92 Å². The number of rotatable bonds is 3. The number of benzene rings is 1. The molecular weight excluding hydrogens is 462 g/mol. The number of aryl methyl sites for hydroxylation is 1. The first-order chi connectivity index (χ1) is 14.7. The van der Waals surface area contributed by atoms with Gasteiger partial charge in [0.2, 0.25) is 5.82 Å². The Balaban J connectivity index is 2.01. The molecule has 4 rings (SSSR count). The second-order valence-corrected chi connectivity index (χ2v) is 9.33. The molecule has 7 nitrogen and oxygen atoms in total. The summed E-state index contributed by atoms with van der Waals surface area (Å²) in [5.41, 5.74) is -1.36. The van der Waals surface area contributed by atoms with Crippen LogP contribution in [0.5, 0.6) is 0 Å². The molecule has 0 aliphatic heterocycles. The van der Waals surface area contributed by atoms with Crippen molar-refractivity contribution in [1.29, 1.82) is 4.78 Å². The molecule has 0 spiro atoms. The van der Waals surface area contributed by atoms with E-state index in [2.05, 4.69) is 15.1 Å². The Kier molecular flexibility index (Phi) is 4.77. The van der Waals surface area contributed by atoms with E-state index in [0.717, 1.165) is 28.6 Å². The SMILES string of the molecule is CCS(=N)(=O)c1cc2c(cc1-n1cc3cnc(C(F)(F)F)cc3n1)nc(C(F)(F)F)n2C. The fraction of sp³-hybridized carbons (Fsp3) is 0.278. The normalized spacial score (nSPS) is 14.9. The molecule has 14 heteroatoms. The number of pyridine rings is 1. The van der Waals surface area contributed by atoms with E-state index in [1.807, 2.05) is 0 Å². The highest BCUT2D eigenvalue weighted by molar-refractivity contribution is 7.92. The minimum atomic E-state index is -4.75. The van der Waals surface area contributed by atoms with Gasteiger partial charge in [0, 0.05) is 30.6 Å². The number of fused-ring (bicyclic) bond motifs is 2. The smallest absolute Gasteiger partial charge is 0.323 e. The Bertz CT molecular complexity index is 1470. The Labute approximate surface area is 176 Å². The molecule has 0 fully saturated rings. The third kappa shape index (κ3) is 3.57. The summed E-state index contributed by atoms with van der Waals surface area (Å²) >= 11 is 0. The lowest BCUT2D eigenvalue weighted by Gasteiger charge is -2.12. The van der Waals surface area contributed by atoms with E-state index in [9.17, 15) is 30.6 Å². The average molecular weight is 476 g/mol. The first-order valence-electron chi connectivity index (χ1n) is 8.99. The van der Waals surface area contributed by atoms with Gasteiger partial charge in [0.25, 0.3) is 0 Å². The van der Waals surface area contributed by atoms with Crippen molar-refractivity contribution in [3.63, 3.8) is 0 Å². The molecule has 32 heavy (non-hydrogen) atoms. The van der Waals surface area contributed by atoms with Crippen molar-refractivity contribution in [1.82, 2.24) is 24.3 Å². The molecule has 0 saturated carbocycles. The van der Waals surface area contributed by atoms with Gasteiger partial charge in [0.15, 0.2) is 0 Å². The van der Waals surface area contributed by atoms with Gasteiger partial charge in [-0.05, 0) is 18.2 Å².